The van der Waals surface area contributed by atoms with Crippen LogP contribution in [-0.4, -0.2) is 40.3 Å². The molecule has 0 radical (unpaired) electrons. The molecule has 0 aliphatic carbocycles. The van der Waals surface area contributed by atoms with Crippen LogP contribution in [0.3, 0.4) is 0 Å². The quantitative estimate of drug-likeness (QED) is 0.512. The van der Waals surface area contributed by atoms with E-state index in [4.69, 9.17) is 14.6 Å². The minimum absolute atomic E-state index is 0.147. The summed E-state index contributed by atoms with van der Waals surface area (Å²) >= 11 is 4.20. The molecule has 2 aromatic rings. The first-order chi connectivity index (χ1) is 14.8. The van der Waals surface area contributed by atoms with Gasteiger partial charge in [0.15, 0.2) is 11.5 Å². The molecule has 0 spiro atoms. The molecule has 1 aliphatic heterocycles. The molecule has 0 saturated carbocycles. The topological polar surface area (TPSA) is 93.1 Å². The SMILES string of the molecule is CCOc1cc(/C=C2/SC(=O)N(CC(=O)O)C2=O)cc(Br)c1OCc1ccc(C)cc1. The van der Waals surface area contributed by atoms with Crippen molar-refractivity contribution in [1.29, 1.82) is 0 Å². The summed E-state index contributed by atoms with van der Waals surface area (Å²) in [5.41, 5.74) is 2.78. The van der Waals surface area contributed by atoms with Crippen molar-refractivity contribution in [3.8, 4) is 11.5 Å². The van der Waals surface area contributed by atoms with Gasteiger partial charge in [-0.2, -0.15) is 0 Å². The number of hydrogen-bond donors (Lipinski definition) is 1. The van der Waals surface area contributed by atoms with Crippen molar-refractivity contribution in [2.24, 2.45) is 0 Å². The number of carbonyl (C=O) groups is 3. The summed E-state index contributed by atoms with van der Waals surface area (Å²) in [6.07, 6.45) is 1.53. The number of hydrogen-bond acceptors (Lipinski definition) is 6. The third kappa shape index (κ3) is 5.68. The van der Waals surface area contributed by atoms with Crippen molar-refractivity contribution in [2.45, 2.75) is 20.5 Å². The number of amides is 2. The number of benzene rings is 2. The van der Waals surface area contributed by atoms with Gasteiger partial charge in [-0.3, -0.25) is 19.3 Å². The van der Waals surface area contributed by atoms with E-state index in [1.165, 1.54) is 6.08 Å². The van der Waals surface area contributed by atoms with Gasteiger partial charge < -0.3 is 14.6 Å². The summed E-state index contributed by atoms with van der Waals surface area (Å²) in [6, 6.07) is 11.5. The molecule has 1 N–H and O–H groups in total. The zero-order chi connectivity index (χ0) is 22.5. The van der Waals surface area contributed by atoms with Gasteiger partial charge in [-0.1, -0.05) is 29.8 Å². The third-order valence-corrected chi connectivity index (χ3v) is 5.80. The van der Waals surface area contributed by atoms with Crippen molar-refractivity contribution in [3.63, 3.8) is 0 Å². The minimum atomic E-state index is -1.25. The molecule has 162 valence electrons. The smallest absolute Gasteiger partial charge is 0.323 e. The Labute approximate surface area is 192 Å². The number of thioether (sulfide) groups is 1. The maximum atomic E-state index is 12.4. The normalized spacial score (nSPS) is 14.9. The molecule has 31 heavy (non-hydrogen) atoms. The highest BCUT2D eigenvalue weighted by Gasteiger charge is 2.36. The molecule has 0 atom stereocenters. The molecule has 0 unspecified atom stereocenters. The highest BCUT2D eigenvalue weighted by Crippen LogP contribution is 2.39. The van der Waals surface area contributed by atoms with Gasteiger partial charge in [-0.05, 0) is 70.9 Å². The molecule has 2 amide bonds. The Morgan fingerprint density at radius 1 is 1.19 bits per heavy atom. The van der Waals surface area contributed by atoms with E-state index >= 15 is 0 Å². The average molecular weight is 506 g/mol. The molecule has 1 fully saturated rings. The van der Waals surface area contributed by atoms with E-state index in [2.05, 4.69) is 15.9 Å². The third-order valence-electron chi connectivity index (χ3n) is 4.30. The number of carbonyl (C=O) groups excluding carboxylic acids is 2. The Balaban J connectivity index is 1.85. The first kappa shape index (κ1) is 22.9. The van der Waals surface area contributed by atoms with Crippen LogP contribution >= 0.6 is 27.7 Å². The summed E-state index contributed by atoms with van der Waals surface area (Å²) in [6.45, 7) is 3.96. The molecular weight excluding hydrogens is 486 g/mol. The summed E-state index contributed by atoms with van der Waals surface area (Å²) in [5, 5.41) is 8.27. The summed E-state index contributed by atoms with van der Waals surface area (Å²) in [7, 11) is 0. The standard InChI is InChI=1S/C22H20BrNO6S/c1-3-29-17-9-15(10-18-21(27)24(11-19(25)26)22(28)31-18)8-16(23)20(17)30-12-14-6-4-13(2)5-7-14/h4-10H,3,11-12H2,1-2H3,(H,25,26)/b18-10+. The second-order valence-electron chi connectivity index (χ2n) is 6.70. The van der Waals surface area contributed by atoms with Crippen LogP contribution in [0.2, 0.25) is 0 Å². The van der Waals surface area contributed by atoms with Gasteiger partial charge >= 0.3 is 5.97 Å². The van der Waals surface area contributed by atoms with E-state index < -0.39 is 23.7 Å². The van der Waals surface area contributed by atoms with Crippen molar-refractivity contribution < 1.29 is 29.0 Å². The van der Waals surface area contributed by atoms with Crippen molar-refractivity contribution in [2.75, 3.05) is 13.2 Å². The van der Waals surface area contributed by atoms with Crippen LogP contribution in [0.4, 0.5) is 4.79 Å². The fourth-order valence-corrected chi connectivity index (χ4v) is 4.25. The van der Waals surface area contributed by atoms with Crippen molar-refractivity contribution >= 4 is 50.9 Å². The Kier molecular flexibility index (Phi) is 7.40. The zero-order valence-corrected chi connectivity index (χ0v) is 19.3. The number of aryl methyl sites for hydroxylation is 1. The van der Waals surface area contributed by atoms with Gasteiger partial charge in [0, 0.05) is 0 Å². The van der Waals surface area contributed by atoms with Gasteiger partial charge in [0.05, 0.1) is 16.0 Å². The van der Waals surface area contributed by atoms with E-state index in [0.717, 1.165) is 11.1 Å². The molecule has 1 heterocycles. The summed E-state index contributed by atoms with van der Waals surface area (Å²) in [4.78, 5) is 36.1. The number of rotatable bonds is 8. The van der Waals surface area contributed by atoms with Crippen LogP contribution in [0.25, 0.3) is 6.08 Å². The predicted molar refractivity (Wildman–Crippen MR) is 121 cm³/mol. The van der Waals surface area contributed by atoms with Gasteiger partial charge in [-0.15, -0.1) is 0 Å². The van der Waals surface area contributed by atoms with Crippen molar-refractivity contribution in [1.82, 2.24) is 4.90 Å². The van der Waals surface area contributed by atoms with Crippen LogP contribution in [0.15, 0.2) is 45.8 Å². The van der Waals surface area contributed by atoms with Crippen LogP contribution < -0.4 is 9.47 Å². The monoisotopic (exact) mass is 505 g/mol. The molecule has 3 rings (SSSR count). The lowest BCUT2D eigenvalue weighted by Crippen LogP contribution is -2.33. The first-order valence-corrected chi connectivity index (χ1v) is 11.0. The second kappa shape index (κ2) is 10.0. The number of halogens is 1. The summed E-state index contributed by atoms with van der Waals surface area (Å²) in [5.74, 6) is -0.871. The molecule has 9 heteroatoms. The summed E-state index contributed by atoms with van der Waals surface area (Å²) < 4.78 is 12.3. The van der Waals surface area contributed by atoms with Gasteiger partial charge in [0.2, 0.25) is 0 Å². The molecule has 2 aromatic carbocycles. The Hall–Kier alpha value is -2.78. The van der Waals surface area contributed by atoms with E-state index in [1.807, 2.05) is 38.1 Å². The maximum Gasteiger partial charge on any atom is 0.323 e. The van der Waals surface area contributed by atoms with E-state index in [0.29, 0.717) is 51.4 Å². The van der Waals surface area contributed by atoms with Crippen LogP contribution in [0.1, 0.15) is 23.6 Å². The lowest BCUT2D eigenvalue weighted by Gasteiger charge is -2.15. The number of carboxylic acid groups (broad SMARTS) is 1. The molecule has 1 aliphatic rings. The number of aliphatic carboxylic acids is 1. The molecule has 0 aromatic heterocycles. The molecule has 1 saturated heterocycles. The number of nitrogens with zero attached hydrogens (tertiary/aromatic N) is 1. The van der Waals surface area contributed by atoms with Crippen molar-refractivity contribution in [3.05, 3.63) is 62.5 Å². The highest BCUT2D eigenvalue weighted by molar-refractivity contribution is 9.10. The highest BCUT2D eigenvalue weighted by atomic mass is 79.9. The maximum absolute atomic E-state index is 12.4. The Bertz CT molecular complexity index is 1050. The van der Waals surface area contributed by atoms with Crippen LogP contribution in [0, 0.1) is 6.92 Å². The predicted octanol–water partition coefficient (Wildman–Crippen LogP) is 4.86. The Morgan fingerprint density at radius 2 is 1.90 bits per heavy atom. The molecular formula is C22H20BrNO6S. The number of carboxylic acids is 1. The molecule has 7 nitrogen and oxygen atoms in total. The molecule has 0 bridgehead atoms. The van der Waals surface area contributed by atoms with Crippen LogP contribution in [0.5, 0.6) is 11.5 Å². The first-order valence-electron chi connectivity index (χ1n) is 9.40. The van der Waals surface area contributed by atoms with E-state index in [-0.39, 0.29) is 4.91 Å². The fraction of sp³-hybridized carbons (Fsp3) is 0.227. The average Bonchev–Trinajstić information content (AvgIpc) is 2.96. The van der Waals surface area contributed by atoms with Gasteiger partial charge in [0.25, 0.3) is 11.1 Å². The largest absolute Gasteiger partial charge is 0.490 e. The fourth-order valence-electron chi connectivity index (χ4n) is 2.84. The second-order valence-corrected chi connectivity index (χ2v) is 8.55. The zero-order valence-electron chi connectivity index (χ0n) is 16.9. The minimum Gasteiger partial charge on any atom is -0.490 e. The van der Waals surface area contributed by atoms with E-state index in [1.54, 1.807) is 12.1 Å². The van der Waals surface area contributed by atoms with E-state index in [9.17, 15) is 14.4 Å². The lowest BCUT2D eigenvalue weighted by molar-refractivity contribution is -0.140. The van der Waals surface area contributed by atoms with Crippen LogP contribution in [-0.2, 0) is 16.2 Å². The number of ether oxygens (including phenoxy) is 2. The van der Waals surface area contributed by atoms with Gasteiger partial charge in [0.1, 0.15) is 13.2 Å². The number of imide groups is 1. The Morgan fingerprint density at radius 3 is 2.55 bits per heavy atom. The van der Waals surface area contributed by atoms with Gasteiger partial charge in [-0.25, -0.2) is 0 Å². The lowest BCUT2D eigenvalue weighted by atomic mass is 10.1.